The van der Waals surface area contributed by atoms with Gasteiger partial charge in [0, 0.05) is 6.42 Å². The minimum Gasteiger partial charge on any atom is -0.478 e. The van der Waals surface area contributed by atoms with Crippen LogP contribution < -0.4 is 11.5 Å². The first-order chi connectivity index (χ1) is 7.09. The Labute approximate surface area is 92.4 Å². The highest BCUT2D eigenvalue weighted by atomic mass is 16.5. The van der Waals surface area contributed by atoms with Crippen LogP contribution in [0.15, 0.2) is 0 Å². The molecule has 0 aromatic carbocycles. The number of nitrogens with two attached hydrogens (primary N) is 2. The summed E-state index contributed by atoms with van der Waals surface area (Å²) in [6, 6.07) is 0. The molecule has 0 rings (SSSR count). The lowest BCUT2D eigenvalue weighted by atomic mass is 9.98. The zero-order valence-electron chi connectivity index (χ0n) is 9.17. The second kappa shape index (κ2) is 4.74. The normalized spacial score (nSPS) is 18.4. The van der Waals surface area contributed by atoms with E-state index < -0.39 is 23.3 Å². The van der Waals surface area contributed by atoms with E-state index in [2.05, 4.69) is 0 Å². The maximum Gasteiger partial charge on any atom is 0.351 e. The summed E-state index contributed by atoms with van der Waals surface area (Å²) in [6.45, 7) is 2.54. The van der Waals surface area contributed by atoms with Gasteiger partial charge in [0.1, 0.15) is 0 Å². The Morgan fingerprint density at radius 3 is 2.06 bits per heavy atom. The monoisotopic (exact) mass is 235 g/mol. The Morgan fingerprint density at radius 2 is 1.81 bits per heavy atom. The van der Waals surface area contributed by atoms with Gasteiger partial charge in [-0.2, -0.15) is 5.06 Å². The van der Waals surface area contributed by atoms with Gasteiger partial charge >= 0.3 is 5.97 Å². The van der Waals surface area contributed by atoms with Gasteiger partial charge in [0.25, 0.3) is 5.66 Å². The molecule has 0 aromatic rings. The summed E-state index contributed by atoms with van der Waals surface area (Å²) in [4.78, 5) is 22.2. The molecule has 0 aliphatic rings. The van der Waals surface area contributed by atoms with Gasteiger partial charge in [-0.1, -0.05) is 6.92 Å². The summed E-state index contributed by atoms with van der Waals surface area (Å²) in [6.07, 6.45) is 0.275. The summed E-state index contributed by atoms with van der Waals surface area (Å²) in [5.41, 5.74) is 5.14. The number of hydroxylamine groups is 2. The highest BCUT2D eigenvalue weighted by molar-refractivity contribution is 5.86. The van der Waals surface area contributed by atoms with Gasteiger partial charge in [0.2, 0.25) is 5.91 Å². The summed E-state index contributed by atoms with van der Waals surface area (Å²) >= 11 is 0. The first-order valence-corrected chi connectivity index (χ1v) is 4.64. The fourth-order valence-electron chi connectivity index (χ4n) is 1.04. The summed E-state index contributed by atoms with van der Waals surface area (Å²) in [5.74, 6) is -2.75. The maximum atomic E-state index is 11.3. The van der Waals surface area contributed by atoms with Crippen molar-refractivity contribution in [2.24, 2.45) is 11.5 Å². The van der Waals surface area contributed by atoms with Crippen LogP contribution in [0.3, 0.4) is 0 Å². The average molecular weight is 235 g/mol. The molecule has 0 heterocycles. The van der Waals surface area contributed by atoms with Crippen molar-refractivity contribution < 1.29 is 25.0 Å². The molecule has 0 aliphatic carbocycles. The molecular formula is C8H17N3O5. The summed E-state index contributed by atoms with van der Waals surface area (Å²) in [7, 11) is 0. The van der Waals surface area contributed by atoms with Crippen LogP contribution in [0.25, 0.3) is 0 Å². The molecule has 0 spiro atoms. The SMILES string of the molecule is CCCC(=O)N(O)[C@](N)(C(=O)O)[C@](C)(N)O. The second-order valence-electron chi connectivity index (χ2n) is 3.67. The number of amides is 1. The third kappa shape index (κ3) is 2.47. The fraction of sp³-hybridized carbons (Fsp3) is 0.750. The highest BCUT2D eigenvalue weighted by Crippen LogP contribution is 2.19. The van der Waals surface area contributed by atoms with Crippen LogP contribution in [-0.2, 0) is 9.59 Å². The molecule has 8 nitrogen and oxygen atoms in total. The number of carboxylic acid groups (broad SMARTS) is 1. The summed E-state index contributed by atoms with van der Waals surface area (Å²) in [5, 5.41) is 27.4. The number of aliphatic carboxylic acids is 1. The molecule has 0 aromatic heterocycles. The van der Waals surface area contributed by atoms with Gasteiger partial charge in [-0.25, -0.2) is 4.79 Å². The van der Waals surface area contributed by atoms with Crippen LogP contribution in [0, 0.1) is 0 Å². The lowest BCUT2D eigenvalue weighted by molar-refractivity contribution is -0.236. The smallest absolute Gasteiger partial charge is 0.351 e. The lowest BCUT2D eigenvalue weighted by Gasteiger charge is -2.40. The fourth-order valence-corrected chi connectivity index (χ4v) is 1.04. The van der Waals surface area contributed by atoms with Crippen molar-refractivity contribution in [3.8, 4) is 0 Å². The number of aliphatic hydroxyl groups is 1. The molecule has 8 heteroatoms. The Hall–Kier alpha value is -1.22. The number of carboxylic acids is 1. The second-order valence-corrected chi connectivity index (χ2v) is 3.67. The van der Waals surface area contributed by atoms with E-state index in [1.807, 2.05) is 0 Å². The zero-order valence-corrected chi connectivity index (χ0v) is 9.17. The highest BCUT2D eigenvalue weighted by Gasteiger charge is 2.55. The molecule has 1 amide bonds. The molecule has 0 saturated carbocycles. The maximum absolute atomic E-state index is 11.3. The molecule has 7 N–H and O–H groups in total. The van der Waals surface area contributed by atoms with Gasteiger partial charge in [0.15, 0.2) is 5.72 Å². The molecule has 0 saturated heterocycles. The predicted molar refractivity (Wildman–Crippen MR) is 52.9 cm³/mol. The van der Waals surface area contributed by atoms with Crippen molar-refractivity contribution in [1.29, 1.82) is 0 Å². The topological polar surface area (TPSA) is 150 Å². The van der Waals surface area contributed by atoms with Crippen LogP contribution in [0.1, 0.15) is 26.7 Å². The van der Waals surface area contributed by atoms with Crippen molar-refractivity contribution in [2.75, 3.05) is 0 Å². The quantitative estimate of drug-likeness (QED) is 0.219. The Bertz CT molecular complexity index is 288. The van der Waals surface area contributed by atoms with Crippen molar-refractivity contribution in [1.82, 2.24) is 5.06 Å². The number of nitrogens with zero attached hydrogens (tertiary/aromatic N) is 1. The minimum absolute atomic E-state index is 0.112. The third-order valence-electron chi connectivity index (χ3n) is 2.13. The molecule has 0 fully saturated rings. The van der Waals surface area contributed by atoms with Crippen molar-refractivity contribution in [3.05, 3.63) is 0 Å². The molecule has 0 unspecified atom stereocenters. The molecule has 0 radical (unpaired) electrons. The minimum atomic E-state index is -2.79. The van der Waals surface area contributed by atoms with Crippen LogP contribution >= 0.6 is 0 Å². The number of hydrogen-bond donors (Lipinski definition) is 5. The van der Waals surface area contributed by atoms with E-state index in [4.69, 9.17) is 16.6 Å². The van der Waals surface area contributed by atoms with E-state index in [1.165, 1.54) is 0 Å². The molecule has 0 aliphatic heterocycles. The van der Waals surface area contributed by atoms with Gasteiger partial charge in [0.05, 0.1) is 0 Å². The van der Waals surface area contributed by atoms with Crippen molar-refractivity contribution in [3.63, 3.8) is 0 Å². The number of rotatable bonds is 5. The number of hydrogen-bond acceptors (Lipinski definition) is 6. The Morgan fingerprint density at radius 1 is 1.38 bits per heavy atom. The zero-order chi connectivity index (χ0) is 13.1. The van der Waals surface area contributed by atoms with Gasteiger partial charge in [-0.3, -0.25) is 15.7 Å². The van der Waals surface area contributed by atoms with E-state index in [9.17, 15) is 19.9 Å². The van der Waals surface area contributed by atoms with Crippen LogP contribution in [-0.4, -0.2) is 43.7 Å². The first kappa shape index (κ1) is 14.8. The number of carbonyl (C=O) groups excluding carboxylic acids is 1. The van der Waals surface area contributed by atoms with Crippen LogP contribution in [0.5, 0.6) is 0 Å². The molecule has 16 heavy (non-hydrogen) atoms. The average Bonchev–Trinajstić information content (AvgIpc) is 2.13. The van der Waals surface area contributed by atoms with Crippen molar-refractivity contribution >= 4 is 11.9 Å². The third-order valence-corrected chi connectivity index (χ3v) is 2.13. The van der Waals surface area contributed by atoms with E-state index in [0.717, 1.165) is 6.92 Å². The van der Waals surface area contributed by atoms with Crippen molar-refractivity contribution in [2.45, 2.75) is 38.1 Å². The van der Waals surface area contributed by atoms with E-state index in [-0.39, 0.29) is 11.5 Å². The predicted octanol–water partition coefficient (Wildman–Crippen LogP) is -1.59. The molecule has 2 atom stereocenters. The van der Waals surface area contributed by atoms with Gasteiger partial charge in [-0.15, -0.1) is 0 Å². The summed E-state index contributed by atoms with van der Waals surface area (Å²) < 4.78 is 0. The number of carbonyl (C=O) groups is 2. The molecule has 0 bridgehead atoms. The van der Waals surface area contributed by atoms with E-state index >= 15 is 0 Å². The van der Waals surface area contributed by atoms with Gasteiger partial charge < -0.3 is 15.9 Å². The van der Waals surface area contributed by atoms with Crippen LogP contribution in [0.2, 0.25) is 0 Å². The van der Waals surface area contributed by atoms with E-state index in [1.54, 1.807) is 6.92 Å². The van der Waals surface area contributed by atoms with Gasteiger partial charge in [-0.05, 0) is 13.3 Å². The molecular weight excluding hydrogens is 218 g/mol. The van der Waals surface area contributed by atoms with Crippen LogP contribution in [0.4, 0.5) is 0 Å². The molecule has 94 valence electrons. The Kier molecular flexibility index (Phi) is 4.38. The largest absolute Gasteiger partial charge is 0.478 e. The Balaban J connectivity index is 5.23. The van der Waals surface area contributed by atoms with E-state index in [0.29, 0.717) is 6.42 Å². The lowest BCUT2D eigenvalue weighted by Crippen LogP contribution is -2.77. The first-order valence-electron chi connectivity index (χ1n) is 4.64. The standard InChI is InChI=1S/C8H17N3O5/c1-3-4-5(12)11(16)8(10,6(13)14)7(2,9)15/h15-16H,3-4,9-10H2,1-2H3,(H,13,14)/t7-,8-/m1/s1.